The van der Waals surface area contributed by atoms with Gasteiger partial charge in [0.15, 0.2) is 0 Å². The van der Waals surface area contributed by atoms with Crippen molar-refractivity contribution in [3.63, 3.8) is 0 Å². The third kappa shape index (κ3) is 19.2. The first-order chi connectivity index (χ1) is 10.8. The molecule has 2 nitrogen and oxygen atoms in total. The summed E-state index contributed by atoms with van der Waals surface area (Å²) in [6, 6.07) is 0. The first-order valence-corrected chi connectivity index (χ1v) is 9.64. The molecule has 2 heteroatoms. The molecule has 0 aliphatic rings. The van der Waals surface area contributed by atoms with Crippen LogP contribution in [0.15, 0.2) is 12.2 Å². The zero-order valence-electron chi connectivity index (χ0n) is 14.8. The van der Waals surface area contributed by atoms with Gasteiger partial charge in [0.1, 0.15) is 0 Å². The van der Waals surface area contributed by atoms with Crippen LogP contribution in [0.2, 0.25) is 0 Å². The summed E-state index contributed by atoms with van der Waals surface area (Å²) in [6.45, 7) is 2.27. The van der Waals surface area contributed by atoms with Crippen molar-refractivity contribution in [2.75, 3.05) is 0 Å². The molecule has 0 rings (SSSR count). The average molecular weight is 311 g/mol. The first kappa shape index (κ1) is 21.2. The van der Waals surface area contributed by atoms with E-state index in [1.807, 2.05) is 0 Å². The Labute approximate surface area is 138 Å². The van der Waals surface area contributed by atoms with Gasteiger partial charge in [-0.3, -0.25) is 4.79 Å². The largest absolute Gasteiger partial charge is 0.481 e. The van der Waals surface area contributed by atoms with Gasteiger partial charge < -0.3 is 5.11 Å². The Kier molecular flexibility index (Phi) is 17.6. The molecule has 130 valence electrons. The maximum absolute atomic E-state index is 10.4. The van der Waals surface area contributed by atoms with Gasteiger partial charge in [0.25, 0.3) is 0 Å². The van der Waals surface area contributed by atoms with Crippen LogP contribution < -0.4 is 0 Å². The lowest BCUT2D eigenvalue weighted by molar-refractivity contribution is -0.137. The molecule has 0 atom stereocenters. The fourth-order valence-electron chi connectivity index (χ4n) is 2.70. The van der Waals surface area contributed by atoms with E-state index in [4.69, 9.17) is 5.11 Å². The molecule has 0 radical (unpaired) electrons. The molecule has 0 amide bonds. The summed E-state index contributed by atoms with van der Waals surface area (Å²) >= 11 is 0. The van der Waals surface area contributed by atoms with Gasteiger partial charge in [0.05, 0.1) is 0 Å². The summed E-state index contributed by atoms with van der Waals surface area (Å²) in [5, 5.41) is 8.53. The third-order valence-corrected chi connectivity index (χ3v) is 4.15. The second-order valence-electron chi connectivity index (χ2n) is 6.44. The molecule has 22 heavy (non-hydrogen) atoms. The predicted molar refractivity (Wildman–Crippen MR) is 96.3 cm³/mol. The summed E-state index contributed by atoms with van der Waals surface area (Å²) in [5.41, 5.74) is 0. The normalized spacial score (nSPS) is 11.3. The van der Waals surface area contributed by atoms with Crippen molar-refractivity contribution < 1.29 is 9.90 Å². The van der Waals surface area contributed by atoms with Gasteiger partial charge in [-0.25, -0.2) is 0 Å². The second-order valence-corrected chi connectivity index (χ2v) is 6.44. The number of allylic oxidation sites excluding steroid dienone is 2. The summed E-state index contributed by atoms with van der Waals surface area (Å²) in [7, 11) is 0. The van der Waals surface area contributed by atoms with Gasteiger partial charge in [-0.15, -0.1) is 0 Å². The van der Waals surface area contributed by atoms with E-state index in [1.54, 1.807) is 0 Å². The zero-order valence-corrected chi connectivity index (χ0v) is 14.8. The molecule has 0 aromatic carbocycles. The van der Waals surface area contributed by atoms with E-state index >= 15 is 0 Å². The third-order valence-electron chi connectivity index (χ3n) is 4.15. The summed E-state index contributed by atoms with van der Waals surface area (Å²) in [4.78, 5) is 10.4. The number of aliphatic carboxylic acids is 1. The van der Waals surface area contributed by atoms with Gasteiger partial charge in [0.2, 0.25) is 0 Å². The van der Waals surface area contributed by atoms with E-state index in [0.29, 0.717) is 6.42 Å². The Bertz CT molecular complexity index is 258. The maximum Gasteiger partial charge on any atom is 0.303 e. The van der Waals surface area contributed by atoms with E-state index < -0.39 is 5.97 Å². The molecular formula is C20H38O2. The Morgan fingerprint density at radius 1 is 0.682 bits per heavy atom. The Morgan fingerprint density at radius 2 is 1.09 bits per heavy atom. The summed E-state index contributed by atoms with van der Waals surface area (Å²) in [6.07, 6.45) is 24.2. The highest BCUT2D eigenvalue weighted by Gasteiger charge is 1.96. The van der Waals surface area contributed by atoms with E-state index in [9.17, 15) is 4.79 Å². The van der Waals surface area contributed by atoms with Gasteiger partial charge >= 0.3 is 5.97 Å². The lowest BCUT2D eigenvalue weighted by atomic mass is 10.1. The number of carboxylic acids is 1. The van der Waals surface area contributed by atoms with Crippen LogP contribution >= 0.6 is 0 Å². The highest BCUT2D eigenvalue weighted by Crippen LogP contribution is 2.10. The highest BCUT2D eigenvalue weighted by atomic mass is 16.4. The van der Waals surface area contributed by atoms with E-state index in [0.717, 1.165) is 12.8 Å². The summed E-state index contributed by atoms with van der Waals surface area (Å²) < 4.78 is 0. The number of hydrogen-bond donors (Lipinski definition) is 1. The van der Waals surface area contributed by atoms with Crippen molar-refractivity contribution in [1.82, 2.24) is 0 Å². The van der Waals surface area contributed by atoms with Crippen LogP contribution in [0.5, 0.6) is 0 Å². The van der Waals surface area contributed by atoms with E-state index in [-0.39, 0.29) is 0 Å². The van der Waals surface area contributed by atoms with Crippen LogP contribution in [0.1, 0.15) is 110 Å². The van der Waals surface area contributed by atoms with Crippen LogP contribution in [0.4, 0.5) is 0 Å². The minimum Gasteiger partial charge on any atom is -0.481 e. The van der Waals surface area contributed by atoms with Crippen molar-refractivity contribution in [3.05, 3.63) is 12.2 Å². The Balaban J connectivity index is 3.07. The fraction of sp³-hybridized carbons (Fsp3) is 0.850. The highest BCUT2D eigenvalue weighted by molar-refractivity contribution is 5.66. The van der Waals surface area contributed by atoms with Crippen molar-refractivity contribution in [2.24, 2.45) is 0 Å². The van der Waals surface area contributed by atoms with Gasteiger partial charge in [-0.1, -0.05) is 83.3 Å². The molecule has 0 aliphatic heterocycles. The average Bonchev–Trinajstić information content (AvgIpc) is 2.50. The monoisotopic (exact) mass is 310 g/mol. The smallest absolute Gasteiger partial charge is 0.303 e. The lowest BCUT2D eigenvalue weighted by Gasteiger charge is -2.00. The van der Waals surface area contributed by atoms with Gasteiger partial charge in [-0.05, 0) is 32.1 Å². The van der Waals surface area contributed by atoms with Crippen LogP contribution in [0.25, 0.3) is 0 Å². The van der Waals surface area contributed by atoms with Crippen LogP contribution in [-0.4, -0.2) is 11.1 Å². The molecule has 1 N–H and O–H groups in total. The minimum absolute atomic E-state index is 0.335. The van der Waals surface area contributed by atoms with Crippen molar-refractivity contribution >= 4 is 5.97 Å². The quantitative estimate of drug-likeness (QED) is 0.234. The molecule has 0 saturated heterocycles. The maximum atomic E-state index is 10.4. The number of carboxylic acid groups (broad SMARTS) is 1. The SMILES string of the molecule is CCCCCCCCC/C=C\CCCCCCCCC(=O)O. The molecule has 0 bridgehead atoms. The van der Waals surface area contributed by atoms with Crippen molar-refractivity contribution in [3.8, 4) is 0 Å². The molecule has 0 saturated carbocycles. The number of rotatable bonds is 17. The van der Waals surface area contributed by atoms with Crippen LogP contribution in [-0.2, 0) is 4.79 Å². The van der Waals surface area contributed by atoms with Crippen molar-refractivity contribution in [2.45, 2.75) is 110 Å². The van der Waals surface area contributed by atoms with Gasteiger partial charge in [-0.2, -0.15) is 0 Å². The lowest BCUT2D eigenvalue weighted by Crippen LogP contribution is -1.93. The number of unbranched alkanes of at least 4 members (excludes halogenated alkanes) is 13. The topological polar surface area (TPSA) is 37.3 Å². The number of carbonyl (C=O) groups is 1. The molecule has 0 heterocycles. The molecule has 0 unspecified atom stereocenters. The molecule has 0 aromatic heterocycles. The van der Waals surface area contributed by atoms with Crippen LogP contribution in [0.3, 0.4) is 0 Å². The van der Waals surface area contributed by atoms with Crippen LogP contribution in [0, 0.1) is 0 Å². The Hall–Kier alpha value is -0.790. The first-order valence-electron chi connectivity index (χ1n) is 9.64. The molecule has 0 aromatic rings. The predicted octanol–water partition coefficient (Wildman–Crippen LogP) is 6.89. The minimum atomic E-state index is -0.661. The van der Waals surface area contributed by atoms with E-state index in [2.05, 4.69) is 19.1 Å². The standard InChI is InChI=1S/C20H38O2/c1-2-3-4-5-6-7-8-9-10-11-12-13-14-15-16-17-18-19-20(21)22/h10-11H,2-9,12-19H2,1H3,(H,21,22)/b11-10-. The molecule has 0 fully saturated rings. The van der Waals surface area contributed by atoms with Gasteiger partial charge in [0, 0.05) is 6.42 Å². The zero-order chi connectivity index (χ0) is 16.3. The summed E-state index contributed by atoms with van der Waals surface area (Å²) in [5.74, 6) is -0.661. The Morgan fingerprint density at radius 3 is 1.55 bits per heavy atom. The second kappa shape index (κ2) is 18.3. The van der Waals surface area contributed by atoms with E-state index in [1.165, 1.54) is 83.5 Å². The fourth-order valence-corrected chi connectivity index (χ4v) is 2.70. The molecular weight excluding hydrogens is 272 g/mol. The number of hydrogen-bond acceptors (Lipinski definition) is 1. The molecule has 0 spiro atoms. The molecule has 0 aliphatic carbocycles. The van der Waals surface area contributed by atoms with Crippen molar-refractivity contribution in [1.29, 1.82) is 0 Å².